The summed E-state index contributed by atoms with van der Waals surface area (Å²) in [4.78, 5) is 0. The molecule has 0 unspecified atom stereocenters. The zero-order chi connectivity index (χ0) is 13.8. The van der Waals surface area contributed by atoms with Crippen LogP contribution in [-0.4, -0.2) is 49.9 Å². The molecule has 1 rings (SSSR count). The zero-order valence-corrected chi connectivity index (χ0v) is 21.9. The quantitative estimate of drug-likeness (QED) is 0.371. The van der Waals surface area contributed by atoms with Gasteiger partial charge in [0.15, 0.2) is 0 Å². The minimum absolute atomic E-state index is 0.291. The van der Waals surface area contributed by atoms with Crippen molar-refractivity contribution in [2.24, 2.45) is 0 Å². The maximum atomic E-state index is 2.90. The molecule has 1 saturated heterocycles. The van der Waals surface area contributed by atoms with Crippen molar-refractivity contribution >= 4 is 49.9 Å². The van der Waals surface area contributed by atoms with E-state index in [1.165, 1.54) is 38.5 Å². The molecule has 0 aromatic heterocycles. The average Bonchev–Trinajstić information content (AvgIpc) is 2.42. The number of unbranched alkanes of at least 4 members (excludes halogenated alkanes) is 9. The molecule has 0 aliphatic carbocycles. The van der Waals surface area contributed by atoms with Gasteiger partial charge in [-0.05, 0) is 42.8 Å². The summed E-state index contributed by atoms with van der Waals surface area (Å²) in [5.41, 5.74) is 0. The lowest BCUT2D eigenvalue weighted by Crippen LogP contribution is -2.57. The molecular formula is C13H38Si6. The Balaban J connectivity index is 1.83. The fraction of sp³-hybridized carbons (Fsp3) is 1.00. The molecule has 0 bridgehead atoms. The van der Waals surface area contributed by atoms with Crippen molar-refractivity contribution in [3.05, 3.63) is 0 Å². The normalized spacial score (nSPS) is 30.0. The Morgan fingerprint density at radius 3 is 1.63 bits per heavy atom. The van der Waals surface area contributed by atoms with E-state index in [-0.39, 0.29) is 7.11 Å². The van der Waals surface area contributed by atoms with Crippen molar-refractivity contribution < 1.29 is 0 Å². The van der Waals surface area contributed by atoms with E-state index in [4.69, 9.17) is 0 Å². The highest BCUT2D eigenvalue weighted by molar-refractivity contribution is 7.84. The Morgan fingerprint density at radius 1 is 0.632 bits per heavy atom. The molecule has 114 valence electrons. The molecular weight excluding hydrogens is 325 g/mol. The molecule has 0 spiro atoms. The second-order valence-corrected chi connectivity index (χ2v) is 65.2. The average molecular weight is 363 g/mol. The SMILES string of the molecule is CCCCCCCCCCCC[Si]1(C)[SiH2][SiH2][SiH2][SiH2][SiH2]1. The fourth-order valence-electron chi connectivity index (χ4n) is 3.69. The van der Waals surface area contributed by atoms with Gasteiger partial charge in [0, 0.05) is 7.11 Å². The molecule has 0 saturated carbocycles. The summed E-state index contributed by atoms with van der Waals surface area (Å²) < 4.78 is 0. The Bertz CT molecular complexity index is 205. The molecule has 0 N–H and O–H groups in total. The van der Waals surface area contributed by atoms with E-state index in [1.54, 1.807) is 25.7 Å². The highest BCUT2D eigenvalue weighted by Crippen LogP contribution is 2.16. The first-order valence-electron chi connectivity index (χ1n) is 9.27. The maximum Gasteiger partial charge on any atom is 0.0185 e. The van der Waals surface area contributed by atoms with E-state index >= 15 is 0 Å². The standard InChI is InChI=1S/C13H38Si6/c1-3-4-5-6-7-8-9-10-11-12-13-19(2)17-15-14-16-18-19/h3-18H2,1-2H3. The minimum Gasteiger partial charge on any atom is -0.0743 e. The molecule has 19 heavy (non-hydrogen) atoms. The second kappa shape index (κ2) is 11.9. The van der Waals surface area contributed by atoms with Crippen molar-refractivity contribution in [2.75, 3.05) is 0 Å². The van der Waals surface area contributed by atoms with Crippen molar-refractivity contribution in [3.8, 4) is 0 Å². The molecule has 6 heteroatoms. The van der Waals surface area contributed by atoms with Gasteiger partial charge < -0.3 is 0 Å². The third-order valence-corrected chi connectivity index (χ3v) is 128. The van der Waals surface area contributed by atoms with E-state index in [2.05, 4.69) is 13.5 Å². The lowest BCUT2D eigenvalue weighted by atomic mass is 10.1. The summed E-state index contributed by atoms with van der Waals surface area (Å²) in [6, 6.07) is 1.86. The number of rotatable bonds is 11. The van der Waals surface area contributed by atoms with Crippen molar-refractivity contribution in [3.63, 3.8) is 0 Å². The van der Waals surface area contributed by atoms with E-state index in [0.717, 1.165) is 25.7 Å². The van der Waals surface area contributed by atoms with Gasteiger partial charge in [-0.3, -0.25) is 0 Å². The molecule has 0 aromatic rings. The molecule has 0 atom stereocenters. The van der Waals surface area contributed by atoms with Crippen molar-refractivity contribution in [1.82, 2.24) is 0 Å². The lowest BCUT2D eigenvalue weighted by Gasteiger charge is -2.30. The van der Waals surface area contributed by atoms with Crippen LogP contribution in [-0.2, 0) is 0 Å². The van der Waals surface area contributed by atoms with Crippen LogP contribution in [0.5, 0.6) is 0 Å². The lowest BCUT2D eigenvalue weighted by molar-refractivity contribution is 0.562. The number of hydrogen-bond donors (Lipinski definition) is 0. The molecule has 1 aliphatic heterocycles. The van der Waals surface area contributed by atoms with E-state index in [0.29, 0.717) is 17.1 Å². The summed E-state index contributed by atoms with van der Waals surface area (Å²) in [5, 5.41) is 0. The van der Waals surface area contributed by atoms with Gasteiger partial charge in [0.2, 0.25) is 0 Å². The summed E-state index contributed by atoms with van der Waals surface area (Å²) in [5.74, 6) is 0. The van der Waals surface area contributed by atoms with Gasteiger partial charge in [0.1, 0.15) is 0 Å². The van der Waals surface area contributed by atoms with Crippen LogP contribution in [0, 0.1) is 0 Å². The van der Waals surface area contributed by atoms with Crippen LogP contribution in [0.1, 0.15) is 71.1 Å². The van der Waals surface area contributed by atoms with Crippen LogP contribution >= 0.6 is 0 Å². The first kappa shape index (κ1) is 18.4. The van der Waals surface area contributed by atoms with Gasteiger partial charge in [0.05, 0.1) is 0 Å². The summed E-state index contributed by atoms with van der Waals surface area (Å²) in [6.45, 7) is 5.21. The van der Waals surface area contributed by atoms with Crippen LogP contribution in [0.25, 0.3) is 0 Å². The molecule has 0 radical (unpaired) electrons. The largest absolute Gasteiger partial charge is 0.0743 e. The van der Waals surface area contributed by atoms with Gasteiger partial charge in [0.25, 0.3) is 0 Å². The van der Waals surface area contributed by atoms with Crippen molar-refractivity contribution in [1.29, 1.82) is 0 Å². The topological polar surface area (TPSA) is 0 Å². The molecule has 0 amide bonds. The Morgan fingerprint density at radius 2 is 1.11 bits per heavy atom. The third-order valence-electron chi connectivity index (χ3n) is 5.19. The highest BCUT2D eigenvalue weighted by atomic mass is 30.1. The fourth-order valence-corrected chi connectivity index (χ4v) is 255. The maximum absolute atomic E-state index is 2.90. The van der Waals surface area contributed by atoms with Crippen LogP contribution < -0.4 is 0 Å². The van der Waals surface area contributed by atoms with Gasteiger partial charge in [-0.1, -0.05) is 83.7 Å². The molecule has 0 aromatic carbocycles. The first-order valence-corrected chi connectivity index (χ1v) is 32.6. The Kier molecular flexibility index (Phi) is 11.5. The van der Waals surface area contributed by atoms with Crippen LogP contribution in [0.4, 0.5) is 0 Å². The second-order valence-electron chi connectivity index (χ2n) is 7.30. The van der Waals surface area contributed by atoms with Gasteiger partial charge in [-0.2, -0.15) is 0 Å². The predicted molar refractivity (Wildman–Crippen MR) is 111 cm³/mol. The monoisotopic (exact) mass is 362 g/mol. The van der Waals surface area contributed by atoms with Gasteiger partial charge in [-0.15, -0.1) is 0 Å². The van der Waals surface area contributed by atoms with Gasteiger partial charge >= 0.3 is 0 Å². The summed E-state index contributed by atoms with van der Waals surface area (Å²) >= 11 is 0. The van der Waals surface area contributed by atoms with E-state index in [1.807, 2.05) is 6.04 Å². The molecule has 0 nitrogen and oxygen atoms in total. The summed E-state index contributed by atoms with van der Waals surface area (Å²) in [7, 11) is 3.51. The highest BCUT2D eigenvalue weighted by Gasteiger charge is 2.28. The van der Waals surface area contributed by atoms with Crippen LogP contribution in [0.3, 0.4) is 0 Å². The first-order chi connectivity index (χ1) is 9.27. The number of hydrogen-bond acceptors (Lipinski definition) is 0. The molecule has 1 aliphatic rings. The van der Waals surface area contributed by atoms with Gasteiger partial charge in [-0.25, -0.2) is 0 Å². The molecule has 1 fully saturated rings. The Hall–Kier alpha value is 1.30. The molecule has 1 heterocycles. The predicted octanol–water partition coefficient (Wildman–Crippen LogP) is 0.497. The zero-order valence-electron chi connectivity index (χ0n) is 13.8. The van der Waals surface area contributed by atoms with E-state index in [9.17, 15) is 0 Å². The smallest absolute Gasteiger partial charge is 0.0185 e. The van der Waals surface area contributed by atoms with Crippen LogP contribution in [0.2, 0.25) is 12.6 Å². The Labute approximate surface area is 133 Å². The van der Waals surface area contributed by atoms with E-state index < -0.39 is 0 Å². The van der Waals surface area contributed by atoms with Crippen LogP contribution in [0.15, 0.2) is 0 Å². The van der Waals surface area contributed by atoms with Crippen molar-refractivity contribution in [2.45, 2.75) is 83.7 Å². The minimum atomic E-state index is -0.291. The third kappa shape index (κ3) is 9.78. The summed E-state index contributed by atoms with van der Waals surface area (Å²) in [6.07, 6.45) is 15.3.